The van der Waals surface area contributed by atoms with Gasteiger partial charge in [0.05, 0.1) is 0 Å². The van der Waals surface area contributed by atoms with Gasteiger partial charge in [-0.1, -0.05) is 91.2 Å². The minimum absolute atomic E-state index is 0.137. The molecule has 0 aromatic heterocycles. The molecule has 0 aliphatic heterocycles. The number of hydrogen-bond acceptors (Lipinski definition) is 3. The normalized spacial score (nSPS) is 14.3. The maximum atomic E-state index is 13.7. The van der Waals surface area contributed by atoms with Crippen LogP contribution in [-0.4, -0.2) is 35.4 Å². The quantitative estimate of drug-likeness (QED) is 0.384. The lowest BCUT2D eigenvalue weighted by Crippen LogP contribution is -2.53. The number of carbonyl (C=O) groups excluding carboxylic acids is 2. The minimum Gasteiger partial charge on any atom is -0.484 e. The molecule has 1 saturated carbocycles. The van der Waals surface area contributed by atoms with Gasteiger partial charge >= 0.3 is 0 Å². The molecule has 1 N–H and O–H groups in total. The number of carbonyl (C=O) groups is 2. The molecule has 4 rings (SSSR count). The summed E-state index contributed by atoms with van der Waals surface area (Å²) in [5.74, 6) is 0.251. The van der Waals surface area contributed by atoms with Gasteiger partial charge in [0.15, 0.2) is 6.61 Å². The maximum absolute atomic E-state index is 13.7. The number of halogens is 1. The van der Waals surface area contributed by atoms with Crippen molar-refractivity contribution in [3.05, 3.63) is 101 Å². The SMILES string of the molecule is Cc1ccccc1OCC(=O)N(Cc1ccccc1Cl)C(Cc1ccccc1)C(=O)NC1CCCC1. The standard InChI is InChI=1S/C30H33ClN2O3/c1-22-11-5-10-18-28(22)36-21-29(34)33(20-24-14-6-9-17-26(24)31)27(19-23-12-3-2-4-13-23)30(35)32-25-15-7-8-16-25/h2-6,9-14,17-18,25,27H,7-8,15-16,19-21H2,1H3,(H,32,35). The summed E-state index contributed by atoms with van der Waals surface area (Å²) in [6.07, 6.45) is 4.57. The fourth-order valence-electron chi connectivity index (χ4n) is 4.67. The lowest BCUT2D eigenvalue weighted by atomic mass is 10.0. The second-order valence-electron chi connectivity index (χ2n) is 9.36. The summed E-state index contributed by atoms with van der Waals surface area (Å²) in [4.78, 5) is 29.0. The van der Waals surface area contributed by atoms with Crippen LogP contribution in [0, 0.1) is 6.92 Å². The molecule has 1 aliphatic rings. The molecule has 1 unspecified atom stereocenters. The Morgan fingerprint density at radius 2 is 1.64 bits per heavy atom. The molecule has 5 nitrogen and oxygen atoms in total. The van der Waals surface area contributed by atoms with Gasteiger partial charge in [0, 0.05) is 24.0 Å². The number of amides is 2. The first-order valence-electron chi connectivity index (χ1n) is 12.6. The van der Waals surface area contributed by atoms with Crippen LogP contribution < -0.4 is 10.1 Å². The number of hydrogen-bond donors (Lipinski definition) is 1. The number of benzene rings is 3. The molecular formula is C30H33ClN2O3. The van der Waals surface area contributed by atoms with Crippen molar-refractivity contribution >= 4 is 23.4 Å². The molecule has 36 heavy (non-hydrogen) atoms. The lowest BCUT2D eigenvalue weighted by molar-refractivity contribution is -0.143. The van der Waals surface area contributed by atoms with E-state index in [1.807, 2.05) is 79.7 Å². The molecule has 0 spiro atoms. The van der Waals surface area contributed by atoms with Crippen molar-refractivity contribution in [1.82, 2.24) is 10.2 Å². The molecular weight excluding hydrogens is 472 g/mol. The topological polar surface area (TPSA) is 58.6 Å². The third kappa shape index (κ3) is 6.88. The van der Waals surface area contributed by atoms with Gasteiger partial charge in [-0.2, -0.15) is 0 Å². The smallest absolute Gasteiger partial charge is 0.261 e. The summed E-state index contributed by atoms with van der Waals surface area (Å²) >= 11 is 6.48. The second kappa shape index (κ2) is 12.6. The number of nitrogens with one attached hydrogen (secondary N) is 1. The van der Waals surface area contributed by atoms with E-state index in [-0.39, 0.29) is 31.0 Å². The summed E-state index contributed by atoms with van der Waals surface area (Å²) in [7, 11) is 0. The minimum atomic E-state index is -0.697. The van der Waals surface area contributed by atoms with Gasteiger partial charge in [-0.05, 0) is 48.6 Å². The van der Waals surface area contributed by atoms with Gasteiger partial charge in [0.1, 0.15) is 11.8 Å². The Morgan fingerprint density at radius 1 is 0.972 bits per heavy atom. The zero-order chi connectivity index (χ0) is 25.3. The molecule has 0 heterocycles. The van der Waals surface area contributed by atoms with E-state index in [9.17, 15) is 9.59 Å². The summed E-state index contributed by atoms with van der Waals surface area (Å²) in [6, 6.07) is 24.3. The Hall–Kier alpha value is -3.31. The molecule has 1 aliphatic carbocycles. The Balaban J connectivity index is 1.63. The van der Waals surface area contributed by atoms with Crippen molar-refractivity contribution in [2.75, 3.05) is 6.61 Å². The van der Waals surface area contributed by atoms with Crippen molar-refractivity contribution in [2.24, 2.45) is 0 Å². The van der Waals surface area contributed by atoms with Crippen LogP contribution in [0.4, 0.5) is 0 Å². The van der Waals surface area contributed by atoms with E-state index < -0.39 is 6.04 Å². The zero-order valence-corrected chi connectivity index (χ0v) is 21.4. The molecule has 2 amide bonds. The lowest BCUT2D eigenvalue weighted by Gasteiger charge is -2.32. The van der Waals surface area contributed by atoms with Crippen LogP contribution >= 0.6 is 11.6 Å². The van der Waals surface area contributed by atoms with Crippen LogP contribution in [0.3, 0.4) is 0 Å². The molecule has 188 valence electrons. The van der Waals surface area contributed by atoms with Gasteiger partial charge in [0.2, 0.25) is 5.91 Å². The van der Waals surface area contributed by atoms with Gasteiger partial charge in [0.25, 0.3) is 5.91 Å². The average Bonchev–Trinajstić information content (AvgIpc) is 3.40. The summed E-state index contributed by atoms with van der Waals surface area (Å²) < 4.78 is 5.91. The monoisotopic (exact) mass is 504 g/mol. The Morgan fingerprint density at radius 3 is 2.36 bits per heavy atom. The van der Waals surface area contributed by atoms with E-state index in [2.05, 4.69) is 5.32 Å². The summed E-state index contributed by atoms with van der Waals surface area (Å²) in [5, 5.41) is 3.77. The highest BCUT2D eigenvalue weighted by molar-refractivity contribution is 6.31. The van der Waals surface area contributed by atoms with Crippen molar-refractivity contribution in [2.45, 2.75) is 57.7 Å². The molecule has 0 saturated heterocycles. The van der Waals surface area contributed by atoms with Crippen molar-refractivity contribution in [1.29, 1.82) is 0 Å². The molecule has 3 aromatic carbocycles. The summed E-state index contributed by atoms with van der Waals surface area (Å²) in [5.41, 5.74) is 2.72. The van der Waals surface area contributed by atoms with Gasteiger partial charge in [-0.25, -0.2) is 0 Å². The highest BCUT2D eigenvalue weighted by atomic mass is 35.5. The van der Waals surface area contributed by atoms with Gasteiger partial charge < -0.3 is 15.0 Å². The number of ether oxygens (including phenoxy) is 1. The fourth-order valence-corrected chi connectivity index (χ4v) is 4.87. The van der Waals surface area contributed by atoms with E-state index in [4.69, 9.17) is 16.3 Å². The third-order valence-electron chi connectivity index (χ3n) is 6.72. The molecule has 6 heteroatoms. The average molecular weight is 505 g/mol. The molecule has 1 fully saturated rings. The van der Waals surface area contributed by atoms with Crippen LogP contribution in [0.25, 0.3) is 0 Å². The van der Waals surface area contributed by atoms with Crippen LogP contribution in [0.5, 0.6) is 5.75 Å². The van der Waals surface area contributed by atoms with E-state index in [1.54, 1.807) is 11.0 Å². The predicted molar refractivity (Wildman–Crippen MR) is 143 cm³/mol. The fraction of sp³-hybridized carbons (Fsp3) is 0.333. The first kappa shape index (κ1) is 25.8. The van der Waals surface area contributed by atoms with E-state index in [0.29, 0.717) is 17.2 Å². The highest BCUT2D eigenvalue weighted by Gasteiger charge is 2.32. The largest absolute Gasteiger partial charge is 0.484 e. The Kier molecular flexibility index (Phi) is 9.01. The molecule has 0 radical (unpaired) electrons. The Labute approximate surface area is 218 Å². The molecule has 1 atom stereocenters. The van der Waals surface area contributed by atoms with Gasteiger partial charge in [-0.3, -0.25) is 9.59 Å². The number of rotatable bonds is 10. The number of para-hydroxylation sites is 1. The van der Waals surface area contributed by atoms with Crippen molar-refractivity contribution < 1.29 is 14.3 Å². The zero-order valence-electron chi connectivity index (χ0n) is 20.7. The highest BCUT2D eigenvalue weighted by Crippen LogP contribution is 2.23. The van der Waals surface area contributed by atoms with Crippen LogP contribution in [0.15, 0.2) is 78.9 Å². The summed E-state index contributed by atoms with van der Waals surface area (Å²) in [6.45, 7) is 1.98. The molecule has 0 bridgehead atoms. The van der Waals surface area contributed by atoms with Crippen molar-refractivity contribution in [3.8, 4) is 5.75 Å². The number of aryl methyl sites for hydroxylation is 1. The van der Waals surface area contributed by atoms with Crippen LogP contribution in [0.2, 0.25) is 5.02 Å². The predicted octanol–water partition coefficient (Wildman–Crippen LogP) is 5.73. The van der Waals surface area contributed by atoms with E-state index in [1.165, 1.54) is 0 Å². The molecule has 3 aromatic rings. The second-order valence-corrected chi connectivity index (χ2v) is 9.77. The first-order valence-corrected chi connectivity index (χ1v) is 12.9. The Bertz CT molecular complexity index is 1160. The van der Waals surface area contributed by atoms with E-state index >= 15 is 0 Å². The van der Waals surface area contributed by atoms with Crippen LogP contribution in [-0.2, 0) is 22.6 Å². The van der Waals surface area contributed by atoms with Gasteiger partial charge in [-0.15, -0.1) is 0 Å². The van der Waals surface area contributed by atoms with Crippen molar-refractivity contribution in [3.63, 3.8) is 0 Å². The van der Waals surface area contributed by atoms with E-state index in [0.717, 1.165) is 42.4 Å². The van der Waals surface area contributed by atoms with Crippen LogP contribution in [0.1, 0.15) is 42.4 Å². The third-order valence-corrected chi connectivity index (χ3v) is 7.08. The number of nitrogens with zero attached hydrogens (tertiary/aromatic N) is 1. The first-order chi connectivity index (χ1) is 17.5. The maximum Gasteiger partial charge on any atom is 0.261 e.